The maximum absolute atomic E-state index is 14.2. The van der Waals surface area contributed by atoms with Crippen LogP contribution in [0.5, 0.6) is 0 Å². The molecular weight excluding hydrogens is 438 g/mol. The molecule has 3 aliphatic heterocycles. The zero-order valence-electron chi connectivity index (χ0n) is 20.8. The number of carbonyl (C=O) groups is 2. The fraction of sp³-hybridized carbons (Fsp3) is 0.464. The van der Waals surface area contributed by atoms with Crippen LogP contribution in [0.1, 0.15) is 46.8 Å². The average molecular weight is 472 g/mol. The van der Waals surface area contributed by atoms with Gasteiger partial charge in [-0.3, -0.25) is 14.5 Å². The van der Waals surface area contributed by atoms with Crippen LogP contribution >= 0.6 is 0 Å². The van der Waals surface area contributed by atoms with Gasteiger partial charge in [0, 0.05) is 57.4 Å². The van der Waals surface area contributed by atoms with Gasteiger partial charge in [0.2, 0.25) is 5.91 Å². The molecule has 1 spiro atoms. The average Bonchev–Trinajstić information content (AvgIpc) is 2.83. The van der Waals surface area contributed by atoms with E-state index in [1.165, 1.54) is 0 Å². The number of hydrogen-bond donors (Lipinski definition) is 0. The van der Waals surface area contributed by atoms with Crippen LogP contribution in [-0.2, 0) is 11.3 Å². The van der Waals surface area contributed by atoms with Gasteiger partial charge in [-0.2, -0.15) is 5.26 Å². The number of likely N-dealkylation sites (N-methyl/N-ethyl adjacent to an activating group) is 1. The van der Waals surface area contributed by atoms with Crippen LogP contribution in [-0.4, -0.2) is 89.3 Å². The highest BCUT2D eigenvalue weighted by molar-refractivity contribution is 6.02. The Hall–Kier alpha value is -3.21. The van der Waals surface area contributed by atoms with Crippen LogP contribution in [0.15, 0.2) is 48.5 Å². The smallest absolute Gasteiger partial charge is 0.254 e. The molecule has 0 bridgehead atoms. The Kier molecular flexibility index (Phi) is 6.12. The number of benzene rings is 2. The van der Waals surface area contributed by atoms with Crippen LogP contribution in [0.4, 0.5) is 0 Å². The first kappa shape index (κ1) is 23.5. The summed E-state index contributed by atoms with van der Waals surface area (Å²) >= 11 is 0. The molecule has 3 heterocycles. The second-order valence-electron chi connectivity index (χ2n) is 10.5. The van der Waals surface area contributed by atoms with E-state index in [1.807, 2.05) is 72.2 Å². The Morgan fingerprint density at radius 1 is 1.06 bits per heavy atom. The Morgan fingerprint density at radius 3 is 2.34 bits per heavy atom. The van der Waals surface area contributed by atoms with Gasteiger partial charge in [0.05, 0.1) is 23.1 Å². The maximum atomic E-state index is 14.2. The van der Waals surface area contributed by atoms with E-state index in [2.05, 4.69) is 22.9 Å². The molecule has 2 fully saturated rings. The predicted octanol–water partition coefficient (Wildman–Crippen LogP) is 2.53. The topological polar surface area (TPSA) is 70.9 Å². The van der Waals surface area contributed by atoms with Gasteiger partial charge in [-0.05, 0) is 50.2 Å². The van der Waals surface area contributed by atoms with Crippen molar-refractivity contribution in [2.75, 3.05) is 46.3 Å². The van der Waals surface area contributed by atoms with Gasteiger partial charge in [0.1, 0.15) is 0 Å². The summed E-state index contributed by atoms with van der Waals surface area (Å²) in [6.07, 6.45) is 0. The van der Waals surface area contributed by atoms with Crippen LogP contribution in [0.3, 0.4) is 0 Å². The van der Waals surface area contributed by atoms with Crippen molar-refractivity contribution in [3.63, 3.8) is 0 Å². The third-order valence-electron chi connectivity index (χ3n) is 7.80. The lowest BCUT2D eigenvalue weighted by molar-refractivity contribution is -0.146. The lowest BCUT2D eigenvalue weighted by Crippen LogP contribution is -2.77. The molecule has 0 radical (unpaired) electrons. The summed E-state index contributed by atoms with van der Waals surface area (Å²) in [5.74, 6) is -0.211. The molecule has 182 valence electrons. The van der Waals surface area contributed by atoms with Crippen molar-refractivity contribution in [3.8, 4) is 6.07 Å². The first-order valence-corrected chi connectivity index (χ1v) is 12.5. The molecule has 2 aromatic rings. The SMILES string of the molecule is CC(C)N1C(=O)c2ccccc2C(C(=O)N2CCN(C)CC2)C12CN(Cc1ccc(C#N)cc1)C2. The van der Waals surface area contributed by atoms with Gasteiger partial charge in [-0.25, -0.2) is 0 Å². The second kappa shape index (κ2) is 9.10. The number of nitriles is 1. The van der Waals surface area contributed by atoms with Crippen molar-refractivity contribution in [1.82, 2.24) is 19.6 Å². The van der Waals surface area contributed by atoms with E-state index < -0.39 is 5.54 Å². The standard InChI is InChI=1S/C28H33N5O2/c1-20(2)33-26(34)24-7-5-4-6-23(24)25(27(35)32-14-12-30(3)13-15-32)28(33)18-31(19-28)17-22-10-8-21(16-29)9-11-22/h4-11,20,25H,12-15,17-19H2,1-3H3. The molecule has 2 aromatic carbocycles. The van der Waals surface area contributed by atoms with Crippen LogP contribution in [0.25, 0.3) is 0 Å². The van der Waals surface area contributed by atoms with Gasteiger partial charge < -0.3 is 14.7 Å². The Labute approximate surface area is 207 Å². The van der Waals surface area contributed by atoms with E-state index in [0.29, 0.717) is 37.3 Å². The summed E-state index contributed by atoms with van der Waals surface area (Å²) in [6.45, 7) is 9.29. The minimum Gasteiger partial charge on any atom is -0.340 e. The third kappa shape index (κ3) is 4.01. The molecule has 0 saturated carbocycles. The molecule has 0 aliphatic carbocycles. The molecular formula is C28H33N5O2. The largest absolute Gasteiger partial charge is 0.340 e. The molecule has 7 nitrogen and oxygen atoms in total. The summed E-state index contributed by atoms with van der Waals surface area (Å²) in [5.41, 5.74) is 2.74. The highest BCUT2D eigenvalue weighted by atomic mass is 16.2. The van der Waals surface area contributed by atoms with E-state index in [0.717, 1.165) is 30.8 Å². The molecule has 5 rings (SSSR count). The number of carbonyl (C=O) groups excluding carboxylic acids is 2. The third-order valence-corrected chi connectivity index (χ3v) is 7.80. The van der Waals surface area contributed by atoms with Gasteiger partial charge >= 0.3 is 0 Å². The highest BCUT2D eigenvalue weighted by Crippen LogP contribution is 2.48. The minimum absolute atomic E-state index is 0.0179. The van der Waals surface area contributed by atoms with Crippen molar-refractivity contribution in [1.29, 1.82) is 5.26 Å². The summed E-state index contributed by atoms with van der Waals surface area (Å²) in [6, 6.07) is 17.5. The fourth-order valence-electron chi connectivity index (χ4n) is 6.14. The van der Waals surface area contributed by atoms with Crippen LogP contribution in [0.2, 0.25) is 0 Å². The molecule has 0 N–H and O–H groups in total. The normalized spacial score (nSPS) is 22.1. The van der Waals surface area contributed by atoms with Crippen molar-refractivity contribution in [2.45, 2.75) is 37.9 Å². The summed E-state index contributed by atoms with van der Waals surface area (Å²) < 4.78 is 0. The van der Waals surface area contributed by atoms with Gasteiger partial charge in [0.25, 0.3) is 5.91 Å². The predicted molar refractivity (Wildman–Crippen MR) is 134 cm³/mol. The number of fused-ring (bicyclic) bond motifs is 1. The molecule has 7 heteroatoms. The zero-order valence-corrected chi connectivity index (χ0v) is 20.8. The molecule has 2 saturated heterocycles. The van der Waals surface area contributed by atoms with Gasteiger partial charge in [0.15, 0.2) is 0 Å². The summed E-state index contributed by atoms with van der Waals surface area (Å²) in [5, 5.41) is 9.09. The lowest BCUT2D eigenvalue weighted by Gasteiger charge is -2.62. The Bertz CT molecular complexity index is 1150. The molecule has 35 heavy (non-hydrogen) atoms. The maximum Gasteiger partial charge on any atom is 0.254 e. The van der Waals surface area contributed by atoms with Crippen LogP contribution in [0, 0.1) is 11.3 Å². The van der Waals surface area contributed by atoms with Crippen molar-refractivity contribution in [3.05, 3.63) is 70.8 Å². The fourth-order valence-corrected chi connectivity index (χ4v) is 6.14. The molecule has 2 amide bonds. The minimum atomic E-state index is -0.563. The number of rotatable bonds is 4. The van der Waals surface area contributed by atoms with E-state index in [-0.39, 0.29) is 23.8 Å². The first-order chi connectivity index (χ1) is 16.8. The van der Waals surface area contributed by atoms with E-state index in [9.17, 15) is 9.59 Å². The van der Waals surface area contributed by atoms with Crippen molar-refractivity contribution in [2.24, 2.45) is 0 Å². The van der Waals surface area contributed by atoms with Crippen molar-refractivity contribution < 1.29 is 9.59 Å². The van der Waals surface area contributed by atoms with E-state index >= 15 is 0 Å². The Morgan fingerprint density at radius 2 is 1.71 bits per heavy atom. The van der Waals surface area contributed by atoms with Crippen molar-refractivity contribution >= 4 is 11.8 Å². The number of nitrogens with zero attached hydrogens (tertiary/aromatic N) is 5. The van der Waals surface area contributed by atoms with E-state index in [1.54, 1.807) is 0 Å². The lowest BCUT2D eigenvalue weighted by atomic mass is 9.67. The molecule has 1 atom stereocenters. The van der Waals surface area contributed by atoms with E-state index in [4.69, 9.17) is 5.26 Å². The second-order valence-corrected chi connectivity index (χ2v) is 10.5. The Balaban J connectivity index is 1.49. The van der Waals surface area contributed by atoms with Crippen LogP contribution < -0.4 is 0 Å². The number of likely N-dealkylation sites (tertiary alicyclic amines) is 1. The number of amides is 2. The first-order valence-electron chi connectivity index (χ1n) is 12.5. The highest BCUT2D eigenvalue weighted by Gasteiger charge is 2.61. The molecule has 3 aliphatic rings. The quantitative estimate of drug-likeness (QED) is 0.685. The van der Waals surface area contributed by atoms with Gasteiger partial charge in [-0.1, -0.05) is 30.3 Å². The zero-order chi connectivity index (χ0) is 24.7. The molecule has 0 aromatic heterocycles. The van der Waals surface area contributed by atoms with Gasteiger partial charge in [-0.15, -0.1) is 0 Å². The molecule has 1 unspecified atom stereocenters. The summed E-state index contributed by atoms with van der Waals surface area (Å²) in [7, 11) is 2.09. The monoisotopic (exact) mass is 471 g/mol. The number of hydrogen-bond acceptors (Lipinski definition) is 5. The number of piperazine rings is 1. The summed E-state index contributed by atoms with van der Waals surface area (Å²) in [4.78, 5) is 36.4.